The van der Waals surface area contributed by atoms with Crippen molar-refractivity contribution in [3.05, 3.63) is 41.7 Å². The van der Waals surface area contributed by atoms with Crippen LogP contribution in [-0.4, -0.2) is 31.9 Å². The molecule has 9 heteroatoms. The molecule has 3 N–H and O–H groups in total. The largest absolute Gasteiger partial charge is 0.478 e. The monoisotopic (exact) mass is 293 g/mol. The molecule has 1 aromatic carbocycles. The molecule has 8 nitrogen and oxygen atoms in total. The molecule has 0 unspecified atom stereocenters. The van der Waals surface area contributed by atoms with Crippen molar-refractivity contribution < 1.29 is 19.1 Å². The molecule has 110 valence electrons. The van der Waals surface area contributed by atoms with Gasteiger partial charge in [0.2, 0.25) is 0 Å². The van der Waals surface area contributed by atoms with Crippen LogP contribution >= 0.6 is 0 Å². The predicted octanol–water partition coefficient (Wildman–Crippen LogP) is 0.974. The highest BCUT2D eigenvalue weighted by atomic mass is 19.1. The average molecular weight is 293 g/mol. The molecule has 0 fully saturated rings. The Labute approximate surface area is 118 Å². The van der Waals surface area contributed by atoms with E-state index in [4.69, 9.17) is 5.11 Å². The summed E-state index contributed by atoms with van der Waals surface area (Å²) in [6.45, 7) is 0.0973. The third kappa shape index (κ3) is 3.53. The number of nitrogens with zero attached hydrogens (tertiary/aromatic N) is 3. The second kappa shape index (κ2) is 5.99. The molecule has 0 bridgehead atoms. The number of carbonyl (C=O) groups excluding carboxylic acids is 1. The van der Waals surface area contributed by atoms with Crippen LogP contribution in [0.15, 0.2) is 24.5 Å². The summed E-state index contributed by atoms with van der Waals surface area (Å²) in [7, 11) is 1.71. The number of hydrogen-bond donors (Lipinski definition) is 3. The Morgan fingerprint density at radius 1 is 1.43 bits per heavy atom. The van der Waals surface area contributed by atoms with E-state index in [1.807, 2.05) is 0 Å². The Balaban J connectivity index is 2.04. The van der Waals surface area contributed by atoms with Crippen LogP contribution in [-0.2, 0) is 13.6 Å². The lowest BCUT2D eigenvalue weighted by molar-refractivity contribution is 0.0698. The molecule has 0 aliphatic rings. The highest BCUT2D eigenvalue weighted by molar-refractivity contribution is 5.99. The van der Waals surface area contributed by atoms with E-state index in [1.165, 1.54) is 6.33 Å². The van der Waals surface area contributed by atoms with Gasteiger partial charge in [-0.3, -0.25) is 0 Å². The molecule has 0 saturated heterocycles. The number of carbonyl (C=O) groups is 2. The smallest absolute Gasteiger partial charge is 0.337 e. The SMILES string of the molecule is Cn1cnnc1CNC(=O)Nc1cc(F)ccc1C(=O)O. The number of halogens is 1. The Kier molecular flexibility index (Phi) is 4.12. The van der Waals surface area contributed by atoms with Crippen LogP contribution < -0.4 is 10.6 Å². The summed E-state index contributed by atoms with van der Waals surface area (Å²) in [5.74, 6) is -1.40. The normalized spacial score (nSPS) is 10.2. The van der Waals surface area contributed by atoms with Crippen molar-refractivity contribution in [1.82, 2.24) is 20.1 Å². The molecule has 2 rings (SSSR count). The summed E-state index contributed by atoms with van der Waals surface area (Å²) in [4.78, 5) is 22.7. The van der Waals surface area contributed by atoms with Crippen molar-refractivity contribution in [2.75, 3.05) is 5.32 Å². The molecule has 1 heterocycles. The van der Waals surface area contributed by atoms with Crippen LogP contribution in [0, 0.1) is 5.82 Å². The van der Waals surface area contributed by atoms with Gasteiger partial charge in [0, 0.05) is 7.05 Å². The Morgan fingerprint density at radius 2 is 2.19 bits per heavy atom. The second-order valence-corrected chi connectivity index (χ2v) is 4.16. The number of aryl methyl sites for hydroxylation is 1. The molecule has 0 atom stereocenters. The lowest BCUT2D eigenvalue weighted by atomic mass is 10.2. The van der Waals surface area contributed by atoms with Gasteiger partial charge in [-0.25, -0.2) is 14.0 Å². The summed E-state index contributed by atoms with van der Waals surface area (Å²) in [5, 5.41) is 21.1. The van der Waals surface area contributed by atoms with E-state index < -0.39 is 17.8 Å². The van der Waals surface area contributed by atoms with Crippen molar-refractivity contribution in [2.45, 2.75) is 6.54 Å². The van der Waals surface area contributed by atoms with Crippen LogP contribution in [0.3, 0.4) is 0 Å². The summed E-state index contributed by atoms with van der Waals surface area (Å²) < 4.78 is 14.8. The number of amides is 2. The fourth-order valence-electron chi connectivity index (χ4n) is 1.60. The number of benzene rings is 1. The first-order valence-corrected chi connectivity index (χ1v) is 5.88. The van der Waals surface area contributed by atoms with Crippen LogP contribution in [0.1, 0.15) is 16.2 Å². The van der Waals surface area contributed by atoms with Crippen LogP contribution in [0.2, 0.25) is 0 Å². The molecular formula is C12H12FN5O3. The zero-order valence-corrected chi connectivity index (χ0v) is 11.0. The van der Waals surface area contributed by atoms with Gasteiger partial charge >= 0.3 is 12.0 Å². The summed E-state index contributed by atoms with van der Waals surface area (Å²) in [6, 6.07) is 2.35. The highest BCUT2D eigenvalue weighted by Gasteiger charge is 2.13. The maximum absolute atomic E-state index is 13.1. The first kappa shape index (κ1) is 14.4. The lowest BCUT2D eigenvalue weighted by Crippen LogP contribution is -2.30. The fraction of sp³-hybridized carbons (Fsp3) is 0.167. The third-order valence-corrected chi connectivity index (χ3v) is 2.67. The topological polar surface area (TPSA) is 109 Å². The fourth-order valence-corrected chi connectivity index (χ4v) is 1.60. The van der Waals surface area contributed by atoms with Crippen LogP contribution in [0.4, 0.5) is 14.9 Å². The van der Waals surface area contributed by atoms with Crippen LogP contribution in [0.25, 0.3) is 0 Å². The summed E-state index contributed by atoms with van der Waals surface area (Å²) in [5.41, 5.74) is -0.330. The molecule has 0 radical (unpaired) electrons. The van der Waals surface area contributed by atoms with Gasteiger partial charge in [-0.15, -0.1) is 10.2 Å². The number of carboxylic acid groups (broad SMARTS) is 1. The lowest BCUT2D eigenvalue weighted by Gasteiger charge is -2.09. The molecule has 0 aliphatic heterocycles. The number of aromatic nitrogens is 3. The number of rotatable bonds is 4. The van der Waals surface area contributed by atoms with Gasteiger partial charge in [0.25, 0.3) is 0 Å². The number of aromatic carboxylic acids is 1. The van der Waals surface area contributed by atoms with E-state index in [9.17, 15) is 14.0 Å². The van der Waals surface area contributed by atoms with Gasteiger partial charge in [0.05, 0.1) is 17.8 Å². The Hall–Kier alpha value is -2.97. The summed E-state index contributed by atoms with van der Waals surface area (Å²) >= 11 is 0. The van der Waals surface area contributed by atoms with Gasteiger partial charge in [-0.05, 0) is 18.2 Å². The molecule has 0 spiro atoms. The first-order valence-electron chi connectivity index (χ1n) is 5.88. The van der Waals surface area contributed by atoms with E-state index in [1.54, 1.807) is 11.6 Å². The quantitative estimate of drug-likeness (QED) is 0.778. The first-order chi connectivity index (χ1) is 9.97. The average Bonchev–Trinajstić information content (AvgIpc) is 2.81. The van der Waals surface area contributed by atoms with E-state index in [2.05, 4.69) is 20.8 Å². The van der Waals surface area contributed by atoms with E-state index in [0.717, 1.165) is 18.2 Å². The number of nitrogens with one attached hydrogen (secondary N) is 2. The molecule has 2 amide bonds. The van der Waals surface area contributed by atoms with Gasteiger partial charge in [-0.2, -0.15) is 0 Å². The molecule has 0 aliphatic carbocycles. The number of hydrogen-bond acceptors (Lipinski definition) is 4. The molecular weight excluding hydrogens is 281 g/mol. The zero-order chi connectivity index (χ0) is 15.4. The Bertz CT molecular complexity index is 685. The van der Waals surface area contributed by atoms with Crippen molar-refractivity contribution in [3.8, 4) is 0 Å². The van der Waals surface area contributed by atoms with Gasteiger partial charge in [0.15, 0.2) is 5.82 Å². The minimum atomic E-state index is -1.27. The van der Waals surface area contributed by atoms with Gasteiger partial charge in [-0.1, -0.05) is 0 Å². The second-order valence-electron chi connectivity index (χ2n) is 4.16. The molecule has 0 saturated carbocycles. The minimum absolute atomic E-state index is 0.0973. The predicted molar refractivity (Wildman–Crippen MR) is 70.2 cm³/mol. The van der Waals surface area contributed by atoms with E-state index >= 15 is 0 Å². The molecule has 2 aromatic rings. The van der Waals surface area contributed by atoms with Crippen molar-refractivity contribution >= 4 is 17.7 Å². The van der Waals surface area contributed by atoms with Gasteiger partial charge in [0.1, 0.15) is 12.1 Å². The minimum Gasteiger partial charge on any atom is -0.478 e. The standard InChI is InChI=1S/C12H12FN5O3/c1-18-6-15-17-10(18)5-14-12(21)16-9-4-7(13)2-3-8(9)11(19)20/h2-4,6H,5H2,1H3,(H,19,20)(H2,14,16,21). The number of urea groups is 1. The number of anilines is 1. The Morgan fingerprint density at radius 3 is 2.81 bits per heavy atom. The third-order valence-electron chi connectivity index (χ3n) is 2.67. The van der Waals surface area contributed by atoms with Crippen molar-refractivity contribution in [2.24, 2.45) is 7.05 Å². The zero-order valence-electron chi connectivity index (χ0n) is 11.0. The van der Waals surface area contributed by atoms with E-state index in [-0.39, 0.29) is 17.8 Å². The highest BCUT2D eigenvalue weighted by Crippen LogP contribution is 2.17. The van der Waals surface area contributed by atoms with Gasteiger partial charge < -0.3 is 20.3 Å². The van der Waals surface area contributed by atoms with Crippen LogP contribution in [0.5, 0.6) is 0 Å². The van der Waals surface area contributed by atoms with Crippen molar-refractivity contribution in [3.63, 3.8) is 0 Å². The maximum Gasteiger partial charge on any atom is 0.337 e. The van der Waals surface area contributed by atoms with Crippen molar-refractivity contribution in [1.29, 1.82) is 0 Å². The molecule has 21 heavy (non-hydrogen) atoms. The number of carboxylic acids is 1. The maximum atomic E-state index is 13.1. The van der Waals surface area contributed by atoms with E-state index in [0.29, 0.717) is 5.82 Å². The summed E-state index contributed by atoms with van der Waals surface area (Å²) in [6.07, 6.45) is 1.48. The molecule has 1 aromatic heterocycles.